The van der Waals surface area contributed by atoms with E-state index in [0.29, 0.717) is 6.42 Å². The van der Waals surface area contributed by atoms with Crippen molar-refractivity contribution in [2.45, 2.75) is 24.3 Å². The van der Waals surface area contributed by atoms with Gasteiger partial charge in [-0.05, 0) is 18.6 Å². The summed E-state index contributed by atoms with van der Waals surface area (Å²) in [4.78, 5) is 11.4. The Morgan fingerprint density at radius 1 is 1.42 bits per heavy atom. The van der Waals surface area contributed by atoms with Crippen LogP contribution < -0.4 is 4.72 Å². The lowest BCUT2D eigenvalue weighted by molar-refractivity contribution is 0.0596. The predicted molar refractivity (Wildman–Crippen MR) is 69.3 cm³/mol. The summed E-state index contributed by atoms with van der Waals surface area (Å²) in [6.07, 6.45) is 0.441. The quantitative estimate of drug-likeness (QED) is 0.744. The number of carbonyl (C=O) groups excluding carboxylic acids is 1. The Morgan fingerprint density at radius 2 is 2.05 bits per heavy atom. The standard InChI is InChI=1S/C12H17NO5S/c1-3-9(8-14)13-19(16,17)11-7-5-4-6-10(11)12(15)18-2/h4-7,9,13-14H,3,8H2,1-2H3. The molecule has 106 valence electrons. The van der Waals surface area contributed by atoms with Crippen LogP contribution >= 0.6 is 0 Å². The van der Waals surface area contributed by atoms with E-state index in [1.165, 1.54) is 25.3 Å². The van der Waals surface area contributed by atoms with E-state index in [-0.39, 0.29) is 17.1 Å². The molecule has 19 heavy (non-hydrogen) atoms. The SMILES string of the molecule is CCC(CO)NS(=O)(=O)c1ccccc1C(=O)OC. The lowest BCUT2D eigenvalue weighted by Crippen LogP contribution is -2.37. The van der Waals surface area contributed by atoms with Crippen LogP contribution in [0.1, 0.15) is 23.7 Å². The highest BCUT2D eigenvalue weighted by atomic mass is 32.2. The van der Waals surface area contributed by atoms with E-state index in [2.05, 4.69) is 9.46 Å². The number of hydrogen-bond acceptors (Lipinski definition) is 5. The molecular formula is C12H17NO5S. The maximum absolute atomic E-state index is 12.2. The molecule has 0 aliphatic carbocycles. The van der Waals surface area contributed by atoms with Crippen molar-refractivity contribution in [3.8, 4) is 0 Å². The van der Waals surface area contributed by atoms with Crippen LogP contribution in [0.15, 0.2) is 29.2 Å². The molecule has 0 spiro atoms. The van der Waals surface area contributed by atoms with Crippen LogP contribution in [0.5, 0.6) is 0 Å². The van der Waals surface area contributed by atoms with Gasteiger partial charge in [0.25, 0.3) is 0 Å². The van der Waals surface area contributed by atoms with Gasteiger partial charge in [-0.15, -0.1) is 0 Å². The molecule has 1 atom stereocenters. The first-order chi connectivity index (χ1) is 8.96. The number of hydrogen-bond donors (Lipinski definition) is 2. The summed E-state index contributed by atoms with van der Waals surface area (Å²) < 4.78 is 31.2. The first-order valence-corrected chi connectivity index (χ1v) is 7.25. The molecule has 1 rings (SSSR count). The van der Waals surface area contributed by atoms with Crippen LogP contribution in [0.4, 0.5) is 0 Å². The zero-order chi connectivity index (χ0) is 14.5. The molecule has 0 saturated carbocycles. The van der Waals surface area contributed by atoms with E-state index >= 15 is 0 Å². The van der Waals surface area contributed by atoms with Gasteiger partial charge in [-0.3, -0.25) is 0 Å². The van der Waals surface area contributed by atoms with Gasteiger partial charge < -0.3 is 9.84 Å². The molecular weight excluding hydrogens is 270 g/mol. The zero-order valence-electron chi connectivity index (χ0n) is 10.8. The van der Waals surface area contributed by atoms with Crippen molar-refractivity contribution in [1.82, 2.24) is 4.72 Å². The molecule has 0 fully saturated rings. The summed E-state index contributed by atoms with van der Waals surface area (Å²) in [5.41, 5.74) is -0.0368. The Balaban J connectivity index is 3.18. The topological polar surface area (TPSA) is 92.7 Å². The van der Waals surface area contributed by atoms with Gasteiger partial charge in [0, 0.05) is 6.04 Å². The molecule has 0 saturated heterocycles. The Bertz CT molecular complexity index is 537. The number of sulfonamides is 1. The summed E-state index contributed by atoms with van der Waals surface area (Å²) in [7, 11) is -2.70. The monoisotopic (exact) mass is 287 g/mol. The van der Waals surface area contributed by atoms with Gasteiger partial charge in [-0.1, -0.05) is 19.1 Å². The third-order valence-corrected chi connectivity index (χ3v) is 4.20. The van der Waals surface area contributed by atoms with E-state index in [1.54, 1.807) is 13.0 Å². The maximum Gasteiger partial charge on any atom is 0.339 e. The fourth-order valence-corrected chi connectivity index (χ4v) is 3.02. The van der Waals surface area contributed by atoms with Gasteiger partial charge in [-0.2, -0.15) is 0 Å². The van der Waals surface area contributed by atoms with Gasteiger partial charge in [0.15, 0.2) is 0 Å². The predicted octanol–water partition coefficient (Wildman–Crippen LogP) is 0.522. The minimum Gasteiger partial charge on any atom is -0.465 e. The van der Waals surface area contributed by atoms with E-state index in [0.717, 1.165) is 0 Å². The molecule has 7 heteroatoms. The van der Waals surface area contributed by atoms with Crippen LogP contribution in [-0.4, -0.2) is 39.3 Å². The van der Waals surface area contributed by atoms with Gasteiger partial charge >= 0.3 is 5.97 Å². The van der Waals surface area contributed by atoms with Gasteiger partial charge in [0.2, 0.25) is 10.0 Å². The second kappa shape index (κ2) is 6.65. The highest BCUT2D eigenvalue weighted by molar-refractivity contribution is 7.89. The fourth-order valence-electron chi connectivity index (χ4n) is 1.51. The van der Waals surface area contributed by atoms with Crippen molar-refractivity contribution in [3.05, 3.63) is 29.8 Å². The number of nitrogens with one attached hydrogen (secondary N) is 1. The number of aliphatic hydroxyl groups excluding tert-OH is 1. The average molecular weight is 287 g/mol. The molecule has 2 N–H and O–H groups in total. The Kier molecular flexibility index (Phi) is 5.46. The highest BCUT2D eigenvalue weighted by Gasteiger charge is 2.24. The molecule has 0 bridgehead atoms. The molecule has 0 heterocycles. The first kappa shape index (κ1) is 15.6. The van der Waals surface area contributed by atoms with Crippen molar-refractivity contribution in [2.24, 2.45) is 0 Å². The number of methoxy groups -OCH3 is 1. The van der Waals surface area contributed by atoms with E-state index < -0.39 is 22.0 Å². The number of benzene rings is 1. The van der Waals surface area contributed by atoms with Gasteiger partial charge in [0.1, 0.15) is 0 Å². The van der Waals surface area contributed by atoms with Crippen LogP contribution in [0.3, 0.4) is 0 Å². The summed E-state index contributed by atoms with van der Waals surface area (Å²) in [6.45, 7) is 1.44. The third-order valence-electron chi connectivity index (χ3n) is 2.62. The summed E-state index contributed by atoms with van der Waals surface area (Å²) >= 11 is 0. The molecule has 0 aliphatic heterocycles. The molecule has 0 aromatic heterocycles. The van der Waals surface area contributed by atoms with E-state index in [4.69, 9.17) is 5.11 Å². The number of carbonyl (C=O) groups is 1. The summed E-state index contributed by atoms with van der Waals surface area (Å²) in [5.74, 6) is -0.724. The fraction of sp³-hybridized carbons (Fsp3) is 0.417. The lowest BCUT2D eigenvalue weighted by atomic mass is 10.2. The van der Waals surface area contributed by atoms with Crippen LogP contribution in [0.2, 0.25) is 0 Å². The van der Waals surface area contributed by atoms with Crippen LogP contribution in [0, 0.1) is 0 Å². The molecule has 1 aromatic carbocycles. The second-order valence-corrected chi connectivity index (χ2v) is 5.58. The average Bonchev–Trinajstić information content (AvgIpc) is 2.43. The number of rotatable bonds is 6. The van der Waals surface area contributed by atoms with Crippen molar-refractivity contribution in [2.75, 3.05) is 13.7 Å². The molecule has 0 aliphatic rings. The minimum absolute atomic E-state index is 0.0368. The highest BCUT2D eigenvalue weighted by Crippen LogP contribution is 2.16. The Morgan fingerprint density at radius 3 is 2.58 bits per heavy atom. The minimum atomic E-state index is -3.88. The molecule has 6 nitrogen and oxygen atoms in total. The first-order valence-electron chi connectivity index (χ1n) is 5.76. The lowest BCUT2D eigenvalue weighted by Gasteiger charge is -2.15. The van der Waals surface area contributed by atoms with Gasteiger partial charge in [-0.25, -0.2) is 17.9 Å². The normalized spacial score (nSPS) is 13.0. The zero-order valence-corrected chi connectivity index (χ0v) is 11.6. The largest absolute Gasteiger partial charge is 0.465 e. The van der Waals surface area contributed by atoms with Crippen LogP contribution in [-0.2, 0) is 14.8 Å². The van der Waals surface area contributed by atoms with Crippen molar-refractivity contribution in [3.63, 3.8) is 0 Å². The number of ether oxygens (including phenoxy) is 1. The maximum atomic E-state index is 12.2. The Labute approximate surface area is 112 Å². The van der Waals surface area contributed by atoms with E-state index in [1.807, 2.05) is 0 Å². The second-order valence-electron chi connectivity index (χ2n) is 3.90. The van der Waals surface area contributed by atoms with Crippen molar-refractivity contribution >= 4 is 16.0 Å². The molecule has 1 unspecified atom stereocenters. The Hall–Kier alpha value is -1.44. The van der Waals surface area contributed by atoms with Crippen LogP contribution in [0.25, 0.3) is 0 Å². The van der Waals surface area contributed by atoms with Crippen molar-refractivity contribution < 1.29 is 23.1 Å². The van der Waals surface area contributed by atoms with E-state index in [9.17, 15) is 13.2 Å². The molecule has 0 amide bonds. The summed E-state index contributed by atoms with van der Waals surface area (Å²) in [5, 5.41) is 9.04. The number of esters is 1. The summed E-state index contributed by atoms with van der Waals surface area (Å²) in [6, 6.07) is 5.17. The van der Waals surface area contributed by atoms with Gasteiger partial charge in [0.05, 0.1) is 24.2 Å². The smallest absolute Gasteiger partial charge is 0.339 e. The molecule has 0 radical (unpaired) electrons. The molecule has 1 aromatic rings. The number of aliphatic hydroxyl groups is 1. The third kappa shape index (κ3) is 3.76. The van der Waals surface area contributed by atoms with Crippen molar-refractivity contribution in [1.29, 1.82) is 0 Å².